The van der Waals surface area contributed by atoms with Crippen LogP contribution in [0, 0.1) is 7.14 Å². The Morgan fingerprint density at radius 3 is 1.96 bits per heavy atom. The van der Waals surface area contributed by atoms with Crippen LogP contribution in [0.5, 0.6) is 5.75 Å². The first-order valence-electron chi connectivity index (χ1n) is 5.99. The summed E-state index contributed by atoms with van der Waals surface area (Å²) in [5.41, 5.74) is -4.58. The van der Waals surface area contributed by atoms with Crippen molar-refractivity contribution in [2.75, 3.05) is 7.11 Å². The van der Waals surface area contributed by atoms with E-state index < -0.39 is 17.6 Å². The number of benzene rings is 2. The lowest BCUT2D eigenvalue weighted by atomic mass is 10.3. The Bertz CT molecular complexity index is 552. The highest BCUT2D eigenvalue weighted by Gasteiger charge is 2.30. The first-order chi connectivity index (χ1) is 10.9. The van der Waals surface area contributed by atoms with Crippen LogP contribution < -0.4 is 31.2 Å². The lowest BCUT2D eigenvalue weighted by molar-refractivity contribution is -0.777. The molecule has 0 saturated carbocycles. The number of methoxy groups -OCH3 is 1. The quantitative estimate of drug-likeness (QED) is 0.277. The van der Waals surface area contributed by atoms with Gasteiger partial charge >= 0.3 is 26.7 Å². The van der Waals surface area contributed by atoms with E-state index in [9.17, 15) is 13.2 Å². The highest BCUT2D eigenvalue weighted by atomic mass is 127. The van der Waals surface area contributed by atoms with Crippen molar-refractivity contribution < 1.29 is 53.7 Å². The molecular weight excluding hydrogens is 448 g/mol. The molecule has 2 aromatic carbocycles. The Hall–Kier alpha value is -1.01. The minimum Gasteiger partial charge on any atom is -0.691 e. The zero-order valence-corrected chi connectivity index (χ0v) is 14.7. The molecule has 126 valence electrons. The van der Waals surface area contributed by atoms with Gasteiger partial charge in [0.25, 0.3) is 0 Å². The first-order valence-corrected chi connectivity index (χ1v) is 8.89. The fraction of sp³-hybridized carbons (Fsp3) is 0.143. The molecule has 0 N–H and O–H groups in total. The van der Waals surface area contributed by atoms with Crippen molar-refractivity contribution in [2.45, 2.75) is 5.51 Å². The highest BCUT2D eigenvalue weighted by molar-refractivity contribution is 7.95. The second-order valence-corrected chi connectivity index (χ2v) is 7.51. The maximum absolute atomic E-state index is 10.9. The molecule has 0 atom stereocenters. The van der Waals surface area contributed by atoms with Gasteiger partial charge in [-0.15, -0.1) is 0 Å². The minimum atomic E-state index is -4.58. The smallest absolute Gasteiger partial charge is 0.470 e. The summed E-state index contributed by atoms with van der Waals surface area (Å²) in [6.07, 6.45) is 0. The summed E-state index contributed by atoms with van der Waals surface area (Å²) in [5, 5.41) is 11.1. The monoisotopic (exact) mass is 460 g/mol. The van der Waals surface area contributed by atoms with E-state index in [0.717, 1.165) is 5.75 Å². The molecule has 0 heterocycles. The van der Waals surface area contributed by atoms with E-state index in [-0.39, 0.29) is 21.2 Å². The van der Waals surface area contributed by atoms with Crippen LogP contribution >= 0.6 is 12.0 Å². The third-order valence-corrected chi connectivity index (χ3v) is 5.15. The van der Waals surface area contributed by atoms with Gasteiger partial charge in [0.15, 0.2) is 7.14 Å². The first kappa shape index (κ1) is 20.0. The number of hydrogen-bond donors (Lipinski definition) is 0. The molecule has 0 bridgehead atoms. The number of rotatable bonds is 5. The third-order valence-electron chi connectivity index (χ3n) is 2.16. The second kappa shape index (κ2) is 10.7. The van der Waals surface area contributed by atoms with Gasteiger partial charge in [0.05, 0.1) is 7.11 Å². The molecular formula is C14H12F3IO4S. The van der Waals surface area contributed by atoms with E-state index in [1.165, 1.54) is 7.14 Å². The summed E-state index contributed by atoms with van der Waals surface area (Å²) < 4.78 is 43.5. The van der Waals surface area contributed by atoms with E-state index in [0.29, 0.717) is 0 Å². The number of ether oxygens (including phenoxy) is 1. The van der Waals surface area contributed by atoms with Crippen LogP contribution in [0.1, 0.15) is 0 Å². The van der Waals surface area contributed by atoms with Crippen molar-refractivity contribution in [3.05, 3.63) is 61.7 Å². The van der Waals surface area contributed by atoms with Gasteiger partial charge in [-0.3, -0.25) is 5.04 Å². The van der Waals surface area contributed by atoms with Gasteiger partial charge in [-0.05, 0) is 36.4 Å². The van der Waals surface area contributed by atoms with Crippen molar-refractivity contribution in [2.24, 2.45) is 0 Å². The normalized spacial score (nSPS) is 10.7. The fourth-order valence-corrected chi connectivity index (χ4v) is 3.61. The number of hydrogen-bond acceptors (Lipinski definition) is 5. The average Bonchev–Trinajstić information content (AvgIpc) is 2.54. The zero-order chi connectivity index (χ0) is 17.1. The molecule has 0 saturated heterocycles. The van der Waals surface area contributed by atoms with Gasteiger partial charge in [-0.2, -0.15) is 17.5 Å². The van der Waals surface area contributed by atoms with Gasteiger partial charge in [0.1, 0.15) is 17.8 Å². The van der Waals surface area contributed by atoms with E-state index in [2.05, 4.69) is 51.8 Å². The standard InChI is InChI=1S/C13H12IO.CHF3O3S/c1-15-13-9-7-12(8-10-13)14-11-5-3-2-4-6-11;2-1(3,4)8-7-6-5/h2-10H,1H3;5H/q+1;/p-1. The average molecular weight is 460 g/mol. The SMILES string of the molecule is COc1ccc([I+]c2ccccc2)cc1.[O-]OOSC(F)(F)F. The molecule has 0 aromatic heterocycles. The van der Waals surface area contributed by atoms with Gasteiger partial charge in [-0.25, -0.2) is 0 Å². The molecule has 0 amide bonds. The minimum absolute atomic E-state index is 0.0449. The van der Waals surface area contributed by atoms with Gasteiger partial charge < -0.3 is 9.99 Å². The third kappa shape index (κ3) is 9.66. The summed E-state index contributed by atoms with van der Waals surface area (Å²) in [4.78, 5) is 0. The molecule has 0 aliphatic rings. The van der Waals surface area contributed by atoms with Crippen LogP contribution in [0.4, 0.5) is 13.2 Å². The zero-order valence-electron chi connectivity index (χ0n) is 11.7. The molecule has 23 heavy (non-hydrogen) atoms. The van der Waals surface area contributed by atoms with Gasteiger partial charge in [0.2, 0.25) is 0 Å². The summed E-state index contributed by atoms with van der Waals surface area (Å²) in [6, 6.07) is 19.0. The lowest BCUT2D eigenvalue weighted by Crippen LogP contribution is -3.61. The summed E-state index contributed by atoms with van der Waals surface area (Å²) in [5.74, 6) is 0.927. The van der Waals surface area contributed by atoms with Crippen molar-refractivity contribution in [1.29, 1.82) is 0 Å². The fourth-order valence-electron chi connectivity index (χ4n) is 1.29. The maximum Gasteiger partial charge on any atom is 0.470 e. The predicted molar refractivity (Wildman–Crippen MR) is 72.6 cm³/mol. The Morgan fingerprint density at radius 1 is 0.957 bits per heavy atom. The summed E-state index contributed by atoms with van der Waals surface area (Å²) >= 11 is -1.05. The van der Waals surface area contributed by atoms with E-state index in [4.69, 9.17) is 9.99 Å². The Balaban J connectivity index is 0.000000284. The number of halogens is 4. The molecule has 4 nitrogen and oxygen atoms in total. The van der Waals surface area contributed by atoms with E-state index >= 15 is 0 Å². The van der Waals surface area contributed by atoms with Crippen molar-refractivity contribution >= 4 is 12.0 Å². The summed E-state index contributed by atoms with van der Waals surface area (Å²) in [6.45, 7) is 0. The van der Waals surface area contributed by atoms with Crippen LogP contribution in [0.25, 0.3) is 0 Å². The second-order valence-electron chi connectivity index (χ2n) is 3.71. The van der Waals surface area contributed by atoms with Crippen molar-refractivity contribution in [3.63, 3.8) is 0 Å². The van der Waals surface area contributed by atoms with Crippen molar-refractivity contribution in [1.82, 2.24) is 0 Å². The molecule has 0 spiro atoms. The molecule has 0 radical (unpaired) electrons. The van der Waals surface area contributed by atoms with Crippen molar-refractivity contribution in [3.8, 4) is 5.75 Å². The van der Waals surface area contributed by atoms with Gasteiger partial charge in [0, 0.05) is 0 Å². The lowest BCUT2D eigenvalue weighted by Gasteiger charge is -2.04. The number of alkyl halides is 3. The molecule has 0 aliphatic carbocycles. The molecule has 2 rings (SSSR count). The highest BCUT2D eigenvalue weighted by Crippen LogP contribution is 2.30. The molecule has 0 aliphatic heterocycles. The van der Waals surface area contributed by atoms with Crippen LogP contribution in [-0.2, 0) is 9.37 Å². The molecule has 9 heteroatoms. The van der Waals surface area contributed by atoms with E-state index in [1.54, 1.807) is 7.11 Å². The van der Waals surface area contributed by atoms with Gasteiger partial charge in [-0.1, -0.05) is 18.2 Å². The Kier molecular flexibility index (Phi) is 9.33. The molecule has 0 unspecified atom stereocenters. The molecule has 2 aromatic rings. The topological polar surface area (TPSA) is 50.8 Å². The summed E-state index contributed by atoms with van der Waals surface area (Å²) in [7, 11) is 1.70. The van der Waals surface area contributed by atoms with Crippen LogP contribution in [0.3, 0.4) is 0 Å². The van der Waals surface area contributed by atoms with Crippen LogP contribution in [-0.4, -0.2) is 12.6 Å². The Morgan fingerprint density at radius 2 is 1.52 bits per heavy atom. The Labute approximate surface area is 145 Å². The molecule has 0 fully saturated rings. The largest absolute Gasteiger partial charge is 0.691 e. The predicted octanol–water partition coefficient (Wildman–Crippen LogP) is 0.201. The van der Waals surface area contributed by atoms with E-state index in [1.807, 2.05) is 12.1 Å². The van der Waals surface area contributed by atoms with Crippen LogP contribution in [0.15, 0.2) is 54.6 Å². The van der Waals surface area contributed by atoms with Crippen LogP contribution in [0.2, 0.25) is 0 Å². The maximum atomic E-state index is 10.9.